The summed E-state index contributed by atoms with van der Waals surface area (Å²) in [5.41, 5.74) is -0.581. The number of hydrogen-bond donors (Lipinski definition) is 1. The van der Waals surface area contributed by atoms with Gasteiger partial charge in [0.25, 0.3) is 0 Å². The Bertz CT molecular complexity index is 357. The van der Waals surface area contributed by atoms with Gasteiger partial charge in [0.2, 0.25) is 5.91 Å². The van der Waals surface area contributed by atoms with E-state index in [0.717, 1.165) is 6.08 Å². The summed E-state index contributed by atoms with van der Waals surface area (Å²) in [5, 5.41) is 2.40. The highest BCUT2D eigenvalue weighted by Crippen LogP contribution is 2.10. The second-order valence-electron chi connectivity index (χ2n) is 4.91. The van der Waals surface area contributed by atoms with E-state index in [1.54, 1.807) is 20.8 Å². The smallest absolute Gasteiger partial charge is 0.328 e. The molecule has 0 aromatic heterocycles. The molecule has 0 bridgehead atoms. The average molecular weight is 271 g/mol. The van der Waals surface area contributed by atoms with Crippen LogP contribution in [0.4, 0.5) is 0 Å². The fourth-order valence-corrected chi connectivity index (χ4v) is 1.28. The maximum absolute atomic E-state index is 11.5. The van der Waals surface area contributed by atoms with Crippen molar-refractivity contribution in [1.29, 1.82) is 0 Å². The molecule has 0 aromatic carbocycles. The monoisotopic (exact) mass is 271 g/mol. The summed E-state index contributed by atoms with van der Waals surface area (Å²) in [6.07, 6.45) is 1.17. The summed E-state index contributed by atoms with van der Waals surface area (Å²) >= 11 is 0. The van der Waals surface area contributed by atoms with E-state index in [4.69, 9.17) is 4.74 Å². The Kier molecular flexibility index (Phi) is 6.82. The van der Waals surface area contributed by atoms with Crippen molar-refractivity contribution in [3.63, 3.8) is 0 Å². The van der Waals surface area contributed by atoms with Gasteiger partial charge in [0.1, 0.15) is 11.6 Å². The van der Waals surface area contributed by atoms with Crippen molar-refractivity contribution < 1.29 is 23.9 Å². The normalized spacial score (nSPS) is 12.2. The molecule has 6 nitrogen and oxygen atoms in total. The van der Waals surface area contributed by atoms with Crippen molar-refractivity contribution in [2.45, 2.75) is 45.3 Å². The third kappa shape index (κ3) is 7.96. The van der Waals surface area contributed by atoms with Crippen LogP contribution in [0.3, 0.4) is 0 Å². The van der Waals surface area contributed by atoms with Crippen LogP contribution in [0.5, 0.6) is 0 Å². The standard InChI is InChI=1S/C13H21NO5/c1-6-10(15)14-9(12(17)18-5)7-8-11(16)19-13(2,3)4/h6,9H,1,7-8H2,2-5H3,(H,14,15)/t9-/m0/s1. The van der Waals surface area contributed by atoms with E-state index in [9.17, 15) is 14.4 Å². The molecule has 108 valence electrons. The minimum atomic E-state index is -0.886. The molecular weight excluding hydrogens is 250 g/mol. The molecule has 19 heavy (non-hydrogen) atoms. The summed E-state index contributed by atoms with van der Waals surface area (Å²) in [6.45, 7) is 8.54. The predicted octanol–water partition coefficient (Wildman–Crippen LogP) is 0.952. The molecular formula is C13H21NO5. The van der Waals surface area contributed by atoms with Crippen LogP contribution in [0.2, 0.25) is 0 Å². The Labute approximate surface area is 113 Å². The van der Waals surface area contributed by atoms with Crippen LogP contribution in [0.15, 0.2) is 12.7 Å². The summed E-state index contributed by atoms with van der Waals surface area (Å²) in [6, 6.07) is -0.886. The highest BCUT2D eigenvalue weighted by molar-refractivity contribution is 5.91. The Morgan fingerprint density at radius 1 is 1.32 bits per heavy atom. The molecule has 0 aliphatic heterocycles. The van der Waals surface area contributed by atoms with Gasteiger partial charge in [-0.1, -0.05) is 6.58 Å². The molecule has 1 N–H and O–H groups in total. The van der Waals surface area contributed by atoms with Gasteiger partial charge in [-0.3, -0.25) is 9.59 Å². The Morgan fingerprint density at radius 3 is 2.32 bits per heavy atom. The van der Waals surface area contributed by atoms with Gasteiger partial charge in [-0.15, -0.1) is 0 Å². The number of amides is 1. The van der Waals surface area contributed by atoms with Gasteiger partial charge in [-0.05, 0) is 33.3 Å². The van der Waals surface area contributed by atoms with Crippen LogP contribution in [0, 0.1) is 0 Å². The lowest BCUT2D eigenvalue weighted by atomic mass is 10.1. The second kappa shape index (κ2) is 7.56. The van der Waals surface area contributed by atoms with Gasteiger partial charge in [0, 0.05) is 6.42 Å². The number of hydrogen-bond acceptors (Lipinski definition) is 5. The average Bonchev–Trinajstić information content (AvgIpc) is 2.30. The zero-order valence-electron chi connectivity index (χ0n) is 11.8. The maximum Gasteiger partial charge on any atom is 0.328 e. The number of ether oxygens (including phenoxy) is 2. The van der Waals surface area contributed by atoms with Gasteiger partial charge in [-0.2, -0.15) is 0 Å². The molecule has 0 saturated heterocycles. The van der Waals surface area contributed by atoms with E-state index in [2.05, 4.69) is 16.6 Å². The largest absolute Gasteiger partial charge is 0.467 e. The highest BCUT2D eigenvalue weighted by atomic mass is 16.6. The number of nitrogens with one attached hydrogen (secondary N) is 1. The third-order valence-electron chi connectivity index (χ3n) is 2.04. The van der Waals surface area contributed by atoms with Gasteiger partial charge in [0.15, 0.2) is 0 Å². The number of methoxy groups -OCH3 is 1. The highest BCUT2D eigenvalue weighted by Gasteiger charge is 2.23. The molecule has 0 aromatic rings. The third-order valence-corrected chi connectivity index (χ3v) is 2.04. The molecule has 0 heterocycles. The fraction of sp³-hybridized carbons (Fsp3) is 0.615. The lowest BCUT2D eigenvalue weighted by molar-refractivity contribution is -0.155. The van der Waals surface area contributed by atoms with Crippen LogP contribution in [-0.2, 0) is 23.9 Å². The van der Waals surface area contributed by atoms with Crippen LogP contribution < -0.4 is 5.32 Å². The maximum atomic E-state index is 11.5. The number of carbonyl (C=O) groups is 3. The van der Waals surface area contributed by atoms with Crippen molar-refractivity contribution in [3.05, 3.63) is 12.7 Å². The van der Waals surface area contributed by atoms with Crippen molar-refractivity contribution in [3.8, 4) is 0 Å². The first-order valence-electron chi connectivity index (χ1n) is 5.92. The Hall–Kier alpha value is -1.85. The van der Waals surface area contributed by atoms with Crippen molar-refractivity contribution >= 4 is 17.8 Å². The van der Waals surface area contributed by atoms with E-state index in [0.29, 0.717) is 0 Å². The first kappa shape index (κ1) is 17.2. The van der Waals surface area contributed by atoms with E-state index in [1.165, 1.54) is 7.11 Å². The summed E-state index contributed by atoms with van der Waals surface area (Å²) in [4.78, 5) is 34.1. The first-order valence-corrected chi connectivity index (χ1v) is 5.92. The molecule has 0 rings (SSSR count). The molecule has 6 heteroatoms. The molecule has 0 unspecified atom stereocenters. The predicted molar refractivity (Wildman–Crippen MR) is 69.2 cm³/mol. The molecule has 0 aliphatic carbocycles. The lowest BCUT2D eigenvalue weighted by Crippen LogP contribution is -2.41. The van der Waals surface area contributed by atoms with Crippen LogP contribution in [-0.4, -0.2) is 36.6 Å². The zero-order valence-corrected chi connectivity index (χ0v) is 11.8. The molecule has 0 fully saturated rings. The number of rotatable bonds is 6. The van der Waals surface area contributed by atoms with E-state index >= 15 is 0 Å². The minimum Gasteiger partial charge on any atom is -0.467 e. The Morgan fingerprint density at radius 2 is 1.89 bits per heavy atom. The van der Waals surface area contributed by atoms with Crippen LogP contribution >= 0.6 is 0 Å². The second-order valence-corrected chi connectivity index (χ2v) is 4.91. The molecule has 1 amide bonds. The van der Waals surface area contributed by atoms with Gasteiger partial charge < -0.3 is 14.8 Å². The van der Waals surface area contributed by atoms with Crippen molar-refractivity contribution in [2.75, 3.05) is 7.11 Å². The van der Waals surface area contributed by atoms with Gasteiger partial charge >= 0.3 is 11.9 Å². The first-order chi connectivity index (χ1) is 8.69. The molecule has 0 radical (unpaired) electrons. The fourth-order valence-electron chi connectivity index (χ4n) is 1.28. The molecule has 0 aliphatic rings. The van der Waals surface area contributed by atoms with E-state index < -0.39 is 29.5 Å². The van der Waals surface area contributed by atoms with Crippen molar-refractivity contribution in [2.24, 2.45) is 0 Å². The summed E-state index contributed by atoms with van der Waals surface area (Å²) in [5.74, 6) is -1.55. The molecule has 1 atom stereocenters. The minimum absolute atomic E-state index is 0.00839. The van der Waals surface area contributed by atoms with Crippen molar-refractivity contribution in [1.82, 2.24) is 5.32 Å². The number of esters is 2. The molecule has 0 spiro atoms. The summed E-state index contributed by atoms with van der Waals surface area (Å²) < 4.78 is 9.66. The van der Waals surface area contributed by atoms with Gasteiger partial charge in [-0.25, -0.2) is 4.79 Å². The topological polar surface area (TPSA) is 81.7 Å². The number of carbonyl (C=O) groups excluding carboxylic acids is 3. The summed E-state index contributed by atoms with van der Waals surface area (Å²) in [7, 11) is 1.21. The van der Waals surface area contributed by atoms with Gasteiger partial charge in [0.05, 0.1) is 7.11 Å². The SMILES string of the molecule is C=CC(=O)N[C@@H](CCC(=O)OC(C)(C)C)C(=O)OC. The molecule has 0 saturated carbocycles. The quantitative estimate of drug-likeness (QED) is 0.574. The van der Waals surface area contributed by atoms with Crippen LogP contribution in [0.25, 0.3) is 0 Å². The van der Waals surface area contributed by atoms with E-state index in [-0.39, 0.29) is 12.8 Å². The van der Waals surface area contributed by atoms with Crippen LogP contribution in [0.1, 0.15) is 33.6 Å². The van der Waals surface area contributed by atoms with E-state index in [1.807, 2.05) is 0 Å². The lowest BCUT2D eigenvalue weighted by Gasteiger charge is -2.20. The Balaban J connectivity index is 4.42. The zero-order chi connectivity index (χ0) is 15.1.